The molecule has 0 saturated carbocycles. The molecule has 1 unspecified atom stereocenters. The lowest BCUT2D eigenvalue weighted by atomic mass is 9.99. The average Bonchev–Trinajstić information content (AvgIpc) is 2.75. The number of benzene rings is 2. The largest absolute Gasteiger partial charge is 0.496 e. The van der Waals surface area contributed by atoms with Crippen molar-refractivity contribution < 1.29 is 4.74 Å². The molecule has 0 amide bonds. The van der Waals surface area contributed by atoms with Gasteiger partial charge in [-0.25, -0.2) is 0 Å². The van der Waals surface area contributed by atoms with Crippen LogP contribution in [0.4, 0.5) is 0 Å². The van der Waals surface area contributed by atoms with E-state index in [0.717, 1.165) is 31.8 Å². The minimum absolute atomic E-state index is 0.390. The molecule has 0 bridgehead atoms. The number of nitrogens with one attached hydrogen (secondary N) is 2. The van der Waals surface area contributed by atoms with Crippen LogP contribution in [-0.4, -0.2) is 13.7 Å². The van der Waals surface area contributed by atoms with Gasteiger partial charge >= 0.3 is 0 Å². The number of rotatable bonds is 4. The molecule has 0 aromatic heterocycles. The van der Waals surface area contributed by atoms with Crippen molar-refractivity contribution in [1.29, 1.82) is 0 Å². The standard InChI is InChI=1S/C18H22N2O/c1-21-18-9-5-3-7-15(18)13-20-17-10-11-19-12-14-6-2-4-8-16(14)17/h2-9,17,19-20H,10-13H2,1H3. The van der Waals surface area contributed by atoms with E-state index < -0.39 is 0 Å². The second-order valence-electron chi connectivity index (χ2n) is 5.41. The average molecular weight is 282 g/mol. The zero-order valence-electron chi connectivity index (χ0n) is 12.4. The van der Waals surface area contributed by atoms with Gasteiger partial charge in [0, 0.05) is 24.7 Å². The van der Waals surface area contributed by atoms with Gasteiger partial charge in [0.05, 0.1) is 7.11 Å². The second kappa shape index (κ2) is 6.74. The van der Waals surface area contributed by atoms with E-state index in [1.54, 1.807) is 7.11 Å². The molecule has 110 valence electrons. The lowest BCUT2D eigenvalue weighted by Gasteiger charge is -2.20. The van der Waals surface area contributed by atoms with E-state index in [9.17, 15) is 0 Å². The predicted molar refractivity (Wildman–Crippen MR) is 85.3 cm³/mol. The van der Waals surface area contributed by atoms with Crippen LogP contribution in [0.15, 0.2) is 48.5 Å². The first-order valence-corrected chi connectivity index (χ1v) is 7.52. The van der Waals surface area contributed by atoms with Crippen LogP contribution in [0.5, 0.6) is 5.75 Å². The van der Waals surface area contributed by atoms with Gasteiger partial charge in [-0.1, -0.05) is 42.5 Å². The summed E-state index contributed by atoms with van der Waals surface area (Å²) < 4.78 is 5.43. The fourth-order valence-corrected chi connectivity index (χ4v) is 2.95. The highest BCUT2D eigenvalue weighted by Crippen LogP contribution is 2.25. The SMILES string of the molecule is COc1ccccc1CNC1CCNCc2ccccc21. The molecule has 3 nitrogen and oxygen atoms in total. The molecule has 0 saturated heterocycles. The second-order valence-corrected chi connectivity index (χ2v) is 5.41. The van der Waals surface area contributed by atoms with Gasteiger partial charge in [0.15, 0.2) is 0 Å². The Morgan fingerprint density at radius 2 is 1.95 bits per heavy atom. The van der Waals surface area contributed by atoms with Crippen molar-refractivity contribution in [2.75, 3.05) is 13.7 Å². The summed E-state index contributed by atoms with van der Waals surface area (Å²) in [6.45, 7) is 2.82. The number of ether oxygens (including phenoxy) is 1. The molecule has 1 atom stereocenters. The maximum Gasteiger partial charge on any atom is 0.123 e. The third kappa shape index (κ3) is 3.26. The van der Waals surface area contributed by atoms with Crippen LogP contribution in [0.1, 0.15) is 29.2 Å². The van der Waals surface area contributed by atoms with Gasteiger partial charge in [0.1, 0.15) is 5.75 Å². The molecule has 0 spiro atoms. The van der Waals surface area contributed by atoms with Gasteiger partial charge in [0.2, 0.25) is 0 Å². The van der Waals surface area contributed by atoms with E-state index in [4.69, 9.17) is 4.74 Å². The summed E-state index contributed by atoms with van der Waals surface area (Å²) in [5.41, 5.74) is 4.01. The lowest BCUT2D eigenvalue weighted by molar-refractivity contribution is 0.404. The summed E-state index contributed by atoms with van der Waals surface area (Å²) in [5.74, 6) is 0.949. The van der Waals surface area contributed by atoms with E-state index in [-0.39, 0.29) is 0 Å². The third-order valence-electron chi connectivity index (χ3n) is 4.09. The number of para-hydroxylation sites is 1. The summed E-state index contributed by atoms with van der Waals surface area (Å²) in [5, 5.41) is 7.18. The zero-order chi connectivity index (χ0) is 14.5. The minimum Gasteiger partial charge on any atom is -0.496 e. The van der Waals surface area contributed by atoms with Gasteiger partial charge < -0.3 is 15.4 Å². The van der Waals surface area contributed by atoms with E-state index in [0.29, 0.717) is 6.04 Å². The highest BCUT2D eigenvalue weighted by Gasteiger charge is 2.17. The molecule has 0 aliphatic carbocycles. The number of hydrogen-bond acceptors (Lipinski definition) is 3. The first kappa shape index (κ1) is 14.1. The zero-order valence-corrected chi connectivity index (χ0v) is 12.4. The van der Waals surface area contributed by atoms with Crippen molar-refractivity contribution in [1.82, 2.24) is 10.6 Å². The Morgan fingerprint density at radius 3 is 2.86 bits per heavy atom. The third-order valence-corrected chi connectivity index (χ3v) is 4.09. The molecule has 2 aromatic carbocycles. The molecule has 2 N–H and O–H groups in total. The first-order valence-electron chi connectivity index (χ1n) is 7.52. The Labute approximate surface area is 126 Å². The quantitative estimate of drug-likeness (QED) is 0.904. The van der Waals surface area contributed by atoms with E-state index >= 15 is 0 Å². The summed E-state index contributed by atoms with van der Waals surface area (Å²) in [4.78, 5) is 0. The maximum absolute atomic E-state index is 5.43. The van der Waals surface area contributed by atoms with Crippen molar-refractivity contribution >= 4 is 0 Å². The molecule has 3 rings (SSSR count). The molecule has 1 aliphatic rings. The van der Waals surface area contributed by atoms with Crippen LogP contribution in [0.2, 0.25) is 0 Å². The molecule has 3 heteroatoms. The smallest absolute Gasteiger partial charge is 0.123 e. The van der Waals surface area contributed by atoms with Crippen LogP contribution >= 0.6 is 0 Å². The van der Waals surface area contributed by atoms with Crippen molar-refractivity contribution in [2.45, 2.75) is 25.6 Å². The van der Waals surface area contributed by atoms with Crippen molar-refractivity contribution in [2.24, 2.45) is 0 Å². The summed E-state index contributed by atoms with van der Waals surface area (Å²) >= 11 is 0. The van der Waals surface area contributed by atoms with Crippen LogP contribution in [0, 0.1) is 0 Å². The Hall–Kier alpha value is -1.84. The summed E-state index contributed by atoms with van der Waals surface area (Å²) in [6, 6.07) is 17.3. The Bertz CT molecular complexity index is 597. The fourth-order valence-electron chi connectivity index (χ4n) is 2.95. The van der Waals surface area contributed by atoms with E-state index in [2.05, 4.69) is 47.0 Å². The van der Waals surface area contributed by atoms with Crippen LogP contribution in [-0.2, 0) is 13.1 Å². The summed E-state index contributed by atoms with van der Waals surface area (Å²) in [6.07, 6.45) is 1.10. The van der Waals surface area contributed by atoms with Gasteiger partial charge in [0.25, 0.3) is 0 Å². The topological polar surface area (TPSA) is 33.3 Å². The Kier molecular flexibility index (Phi) is 4.53. The number of hydrogen-bond donors (Lipinski definition) is 2. The normalized spacial score (nSPS) is 17.9. The molecule has 2 aromatic rings. The van der Waals surface area contributed by atoms with Gasteiger partial charge in [-0.2, -0.15) is 0 Å². The lowest BCUT2D eigenvalue weighted by Crippen LogP contribution is -2.23. The minimum atomic E-state index is 0.390. The van der Waals surface area contributed by atoms with Crippen molar-refractivity contribution in [3.05, 3.63) is 65.2 Å². The highest BCUT2D eigenvalue weighted by molar-refractivity contribution is 5.34. The maximum atomic E-state index is 5.43. The monoisotopic (exact) mass is 282 g/mol. The van der Waals surface area contributed by atoms with Crippen molar-refractivity contribution in [3.63, 3.8) is 0 Å². The predicted octanol–water partition coefficient (Wildman–Crippen LogP) is 3.02. The number of fused-ring (bicyclic) bond motifs is 1. The molecule has 1 heterocycles. The molecule has 21 heavy (non-hydrogen) atoms. The fraction of sp³-hybridized carbons (Fsp3) is 0.333. The molecule has 1 aliphatic heterocycles. The van der Waals surface area contributed by atoms with Crippen LogP contribution < -0.4 is 15.4 Å². The molecule has 0 fully saturated rings. The molecule has 0 radical (unpaired) electrons. The Balaban J connectivity index is 1.76. The van der Waals surface area contributed by atoms with Crippen LogP contribution in [0.3, 0.4) is 0 Å². The van der Waals surface area contributed by atoms with E-state index in [1.807, 2.05) is 12.1 Å². The van der Waals surface area contributed by atoms with Gasteiger partial charge in [-0.05, 0) is 30.2 Å². The molecular formula is C18H22N2O. The highest BCUT2D eigenvalue weighted by atomic mass is 16.5. The van der Waals surface area contributed by atoms with Gasteiger partial charge in [-0.3, -0.25) is 0 Å². The number of methoxy groups -OCH3 is 1. The van der Waals surface area contributed by atoms with Crippen molar-refractivity contribution in [3.8, 4) is 5.75 Å². The first-order chi connectivity index (χ1) is 10.4. The molecular weight excluding hydrogens is 260 g/mol. The van der Waals surface area contributed by atoms with E-state index in [1.165, 1.54) is 16.7 Å². The van der Waals surface area contributed by atoms with Gasteiger partial charge in [-0.15, -0.1) is 0 Å². The Morgan fingerprint density at radius 1 is 1.14 bits per heavy atom. The van der Waals surface area contributed by atoms with Crippen LogP contribution in [0.25, 0.3) is 0 Å². The summed E-state index contributed by atoms with van der Waals surface area (Å²) in [7, 11) is 1.73.